The molecule has 0 radical (unpaired) electrons. The molecule has 0 saturated heterocycles. The number of aryl methyl sites for hydroxylation is 4. The topological polar surface area (TPSA) is 351 Å². The van der Waals surface area contributed by atoms with Crippen molar-refractivity contribution >= 4 is 17.9 Å². The molecule has 0 unspecified atom stereocenters. The molecule has 0 aliphatic heterocycles. The van der Waals surface area contributed by atoms with Crippen LogP contribution in [0.1, 0.15) is 96.6 Å². The van der Waals surface area contributed by atoms with E-state index in [4.69, 9.17) is 14.2 Å². The van der Waals surface area contributed by atoms with E-state index in [-0.39, 0.29) is 37.2 Å². The largest absolute Gasteiger partial charge is 0.459 e. The van der Waals surface area contributed by atoms with Gasteiger partial charge in [0.25, 0.3) is 0 Å². The summed E-state index contributed by atoms with van der Waals surface area (Å²) in [5.74, 6) is 1.78. The third-order valence-electron chi connectivity index (χ3n) is 13.3. The van der Waals surface area contributed by atoms with Crippen molar-refractivity contribution in [3.8, 4) is 56.9 Å². The lowest BCUT2D eigenvalue weighted by molar-refractivity contribution is 0.0210. The van der Waals surface area contributed by atoms with Gasteiger partial charge < -0.3 is 14.2 Å². The number of ether oxygens (including phenoxy) is 3. The lowest BCUT2D eigenvalue weighted by Gasteiger charge is -2.21. The van der Waals surface area contributed by atoms with Gasteiger partial charge in [0.15, 0.2) is 0 Å². The molecule has 5 N–H and O–H groups in total. The Labute approximate surface area is 503 Å². The zero-order valence-corrected chi connectivity index (χ0v) is 48.4. The van der Waals surface area contributed by atoms with Crippen molar-refractivity contribution in [1.82, 2.24) is 103 Å². The van der Waals surface area contributed by atoms with Gasteiger partial charge >= 0.3 is 17.9 Å². The molecule has 1 saturated carbocycles. The Bertz CT molecular complexity index is 3900. The number of aromatic nitrogens is 20. The number of esters is 3. The van der Waals surface area contributed by atoms with Crippen molar-refractivity contribution in [3.63, 3.8) is 0 Å². The molecule has 26 nitrogen and oxygen atoms in total. The predicted octanol–water partition coefficient (Wildman–Crippen LogP) is 9.77. The van der Waals surface area contributed by atoms with Gasteiger partial charge in [-0.05, 0) is 127 Å². The maximum absolute atomic E-state index is 12.0. The second kappa shape index (κ2) is 31.3. The fourth-order valence-corrected chi connectivity index (χ4v) is 8.44. The van der Waals surface area contributed by atoms with E-state index in [9.17, 15) is 14.4 Å². The summed E-state index contributed by atoms with van der Waals surface area (Å²) in [5.41, 5.74) is 12.6. The summed E-state index contributed by atoms with van der Waals surface area (Å²) in [6.07, 6.45) is 5.57. The summed E-state index contributed by atoms with van der Waals surface area (Å²) in [5, 5.41) is 68.2. The SMILES string of the molecule is Cc1ccc(-c2nn[nH]n2)cc1.Cc1ccc(-c2nn[nH]n2)cc1.Cc1ccc(COC(=O)c2ccc(-c3nn[nH]n3)cc2)cc1.Cc1cccc(COC(=O)c2ccc(-c3nn[nH]n3)cc2)c1.O=C(OC1CCCCC1)c1ccc(-c2nn[nH]n2)cc1. The molecule has 12 aromatic rings. The van der Waals surface area contributed by atoms with Crippen molar-refractivity contribution in [3.05, 3.63) is 220 Å². The molecule has 5 heterocycles. The maximum atomic E-state index is 12.0. The van der Waals surface area contributed by atoms with E-state index in [0.29, 0.717) is 45.8 Å². The number of tetrazole rings is 5. The van der Waals surface area contributed by atoms with E-state index >= 15 is 0 Å². The monoisotopic (exact) mass is 1180 g/mol. The van der Waals surface area contributed by atoms with Crippen LogP contribution in [-0.2, 0) is 27.4 Å². The quantitative estimate of drug-likeness (QED) is 0.0529. The standard InChI is InChI=1S/2C16H14N4O2.C14H16N4O2.2C8H8N4/c1-11-2-4-12(5-3-11)10-22-16(21)14-8-6-13(7-9-14)15-17-19-20-18-15;1-11-3-2-4-12(9-11)10-22-16(21)14-7-5-13(6-8-14)15-17-19-20-18-15;19-14(20-12-4-2-1-3-5-12)11-8-6-10(7-9-11)13-15-17-18-16-13;2*1-6-2-4-7(5-3-6)8-9-11-12-10-8/h2*2-9H,10H2,1H3,(H,17,18,19,20);6-9,12H,1-5H2,(H,15,16,17,18);2*2-5H,1H3,(H,9,10,11,12). The number of H-pyrrole nitrogens is 5. The maximum Gasteiger partial charge on any atom is 0.338 e. The van der Waals surface area contributed by atoms with Gasteiger partial charge in [-0.15, -0.1) is 51.0 Å². The van der Waals surface area contributed by atoms with Gasteiger partial charge in [0, 0.05) is 27.8 Å². The van der Waals surface area contributed by atoms with Gasteiger partial charge in [0.2, 0.25) is 29.1 Å². The van der Waals surface area contributed by atoms with E-state index in [1.807, 2.05) is 125 Å². The van der Waals surface area contributed by atoms with Gasteiger partial charge in [-0.2, -0.15) is 26.1 Å². The summed E-state index contributed by atoms with van der Waals surface area (Å²) >= 11 is 0. The fourth-order valence-electron chi connectivity index (χ4n) is 8.44. The minimum Gasteiger partial charge on any atom is -0.459 e. The van der Waals surface area contributed by atoms with Crippen LogP contribution >= 0.6 is 0 Å². The summed E-state index contributed by atoms with van der Waals surface area (Å²) in [7, 11) is 0. The number of benzene rings is 7. The molecule has 13 rings (SSSR count). The summed E-state index contributed by atoms with van der Waals surface area (Å²) < 4.78 is 16.1. The highest BCUT2D eigenvalue weighted by Crippen LogP contribution is 2.23. The van der Waals surface area contributed by atoms with Gasteiger partial charge in [-0.25, -0.2) is 14.4 Å². The van der Waals surface area contributed by atoms with Crippen LogP contribution in [0, 0.1) is 27.7 Å². The van der Waals surface area contributed by atoms with E-state index < -0.39 is 0 Å². The van der Waals surface area contributed by atoms with Crippen molar-refractivity contribution in [2.24, 2.45) is 0 Å². The van der Waals surface area contributed by atoms with Gasteiger partial charge in [-0.1, -0.05) is 162 Å². The van der Waals surface area contributed by atoms with Crippen LogP contribution in [-0.4, -0.2) is 127 Å². The predicted molar refractivity (Wildman–Crippen MR) is 320 cm³/mol. The van der Waals surface area contributed by atoms with Crippen LogP contribution in [0.3, 0.4) is 0 Å². The Kier molecular flexibility index (Phi) is 21.6. The first-order valence-corrected chi connectivity index (χ1v) is 27.8. The van der Waals surface area contributed by atoms with Gasteiger partial charge in [0.1, 0.15) is 19.3 Å². The number of carbonyl (C=O) groups is 3. The number of nitrogens with zero attached hydrogens (tertiary/aromatic N) is 15. The molecule has 26 heteroatoms. The summed E-state index contributed by atoms with van der Waals surface area (Å²) in [6.45, 7) is 8.61. The Morgan fingerprint density at radius 3 is 1.01 bits per heavy atom. The molecule has 1 aliphatic carbocycles. The van der Waals surface area contributed by atoms with Crippen molar-refractivity contribution in [1.29, 1.82) is 0 Å². The normalized spacial score (nSPS) is 11.6. The van der Waals surface area contributed by atoms with Crippen LogP contribution in [0.5, 0.6) is 0 Å². The Morgan fingerprint density at radius 1 is 0.364 bits per heavy atom. The van der Waals surface area contributed by atoms with Crippen LogP contribution in [0.25, 0.3) is 56.9 Å². The third-order valence-corrected chi connectivity index (χ3v) is 13.3. The Hall–Kier alpha value is -11.7. The average molecular weight is 1180 g/mol. The Balaban J connectivity index is 0.000000134. The molecule has 0 atom stereocenters. The van der Waals surface area contributed by atoms with E-state index in [0.717, 1.165) is 70.2 Å². The first kappa shape index (κ1) is 60.9. The van der Waals surface area contributed by atoms with Crippen LogP contribution in [0.15, 0.2) is 170 Å². The first-order valence-electron chi connectivity index (χ1n) is 27.8. The van der Waals surface area contributed by atoms with Gasteiger partial charge in [0.05, 0.1) is 16.7 Å². The van der Waals surface area contributed by atoms with Crippen LogP contribution in [0.2, 0.25) is 0 Å². The van der Waals surface area contributed by atoms with Crippen molar-refractivity contribution < 1.29 is 28.6 Å². The molecule has 444 valence electrons. The van der Waals surface area contributed by atoms with Crippen LogP contribution in [0.4, 0.5) is 0 Å². The Morgan fingerprint density at radius 2 is 0.682 bits per heavy atom. The number of nitrogens with one attached hydrogen (secondary N) is 5. The number of hydrogen-bond acceptors (Lipinski definition) is 21. The van der Waals surface area contributed by atoms with E-state index in [1.165, 1.54) is 23.1 Å². The second-order valence-corrected chi connectivity index (χ2v) is 19.9. The summed E-state index contributed by atoms with van der Waals surface area (Å²) in [6, 6.07) is 52.5. The lowest BCUT2D eigenvalue weighted by atomic mass is 9.98. The number of hydrogen-bond donors (Lipinski definition) is 5. The third kappa shape index (κ3) is 18.4. The highest BCUT2D eigenvalue weighted by molar-refractivity contribution is 5.91. The lowest BCUT2D eigenvalue weighted by Crippen LogP contribution is -2.20. The average Bonchev–Trinajstić information content (AvgIpc) is 4.50. The molecule has 1 aliphatic rings. The molecule has 88 heavy (non-hydrogen) atoms. The zero-order chi connectivity index (χ0) is 61.3. The highest BCUT2D eigenvalue weighted by Gasteiger charge is 2.19. The second-order valence-electron chi connectivity index (χ2n) is 19.9. The smallest absolute Gasteiger partial charge is 0.338 e. The molecule has 0 bridgehead atoms. The minimum absolute atomic E-state index is 0.0770. The molecular formula is C62H60N20O6. The van der Waals surface area contributed by atoms with Crippen LogP contribution < -0.4 is 0 Å². The molecule has 5 aromatic heterocycles. The zero-order valence-electron chi connectivity index (χ0n) is 48.4. The van der Waals surface area contributed by atoms with Gasteiger partial charge in [-0.3, -0.25) is 0 Å². The molecule has 1 fully saturated rings. The van der Waals surface area contributed by atoms with Crippen molar-refractivity contribution in [2.75, 3.05) is 0 Å². The summed E-state index contributed by atoms with van der Waals surface area (Å²) in [4.78, 5) is 36.1. The van der Waals surface area contributed by atoms with E-state index in [1.54, 1.807) is 72.8 Å². The number of carbonyl (C=O) groups excluding carboxylic acids is 3. The minimum atomic E-state index is -0.361. The number of aromatic amines is 5. The molecule has 0 amide bonds. The molecule has 7 aromatic carbocycles. The fraction of sp³-hybridized carbons (Fsp3) is 0.194. The molecular weight excluding hydrogens is 1120 g/mol. The number of rotatable bonds is 13. The van der Waals surface area contributed by atoms with Crippen molar-refractivity contribution in [2.45, 2.75) is 79.1 Å². The van der Waals surface area contributed by atoms with E-state index in [2.05, 4.69) is 103 Å². The first-order chi connectivity index (χ1) is 43.0. The molecule has 0 spiro atoms. The highest BCUT2D eigenvalue weighted by atomic mass is 16.5.